The third-order valence-electron chi connectivity index (χ3n) is 11.8. The van der Waals surface area contributed by atoms with Gasteiger partial charge in [-0.25, -0.2) is 0 Å². The molecule has 0 aliphatic rings. The third-order valence-corrected chi connectivity index (χ3v) is 11.8. The molecular formula is C67H106O6. The van der Waals surface area contributed by atoms with Crippen molar-refractivity contribution in [2.75, 3.05) is 13.2 Å². The highest BCUT2D eigenvalue weighted by atomic mass is 16.6. The summed E-state index contributed by atoms with van der Waals surface area (Å²) in [6.45, 7) is 6.44. The molecule has 0 radical (unpaired) electrons. The van der Waals surface area contributed by atoms with Crippen molar-refractivity contribution in [3.63, 3.8) is 0 Å². The van der Waals surface area contributed by atoms with Gasteiger partial charge in [0.25, 0.3) is 0 Å². The minimum absolute atomic E-state index is 0.131. The topological polar surface area (TPSA) is 78.9 Å². The SMILES string of the molecule is CCCCC/C=C/C/C=C/C/C=C/C/C=C/CCCCCC(=O)OC[C@@H](COC(=O)CCC/C=C/C/C=C/C/C=C/C/C=C/CCCCC)OC(=O)CCCCC/C=C/C/C=C/C/C=C/C/C=C/CCCCC. The molecule has 0 N–H and O–H groups in total. The molecule has 0 heterocycles. The summed E-state index contributed by atoms with van der Waals surface area (Å²) in [5, 5.41) is 0. The van der Waals surface area contributed by atoms with E-state index in [9.17, 15) is 14.4 Å². The Morgan fingerprint density at radius 1 is 0.274 bits per heavy atom. The van der Waals surface area contributed by atoms with E-state index < -0.39 is 6.10 Å². The fourth-order valence-corrected chi connectivity index (χ4v) is 7.34. The summed E-state index contributed by atoms with van der Waals surface area (Å²) in [6.07, 6.45) is 85.5. The molecule has 73 heavy (non-hydrogen) atoms. The first-order valence-corrected chi connectivity index (χ1v) is 29.3. The fourth-order valence-electron chi connectivity index (χ4n) is 7.34. The highest BCUT2D eigenvalue weighted by molar-refractivity contribution is 5.71. The van der Waals surface area contributed by atoms with Crippen molar-refractivity contribution in [1.82, 2.24) is 0 Å². The van der Waals surface area contributed by atoms with Gasteiger partial charge in [0.2, 0.25) is 0 Å². The van der Waals surface area contributed by atoms with Crippen molar-refractivity contribution in [2.45, 2.75) is 245 Å². The fraction of sp³-hybridized carbons (Fsp3) is 0.597. The zero-order valence-electron chi connectivity index (χ0n) is 46.8. The Morgan fingerprint density at radius 3 is 0.795 bits per heavy atom. The van der Waals surface area contributed by atoms with Gasteiger partial charge in [-0.15, -0.1) is 0 Å². The predicted molar refractivity (Wildman–Crippen MR) is 315 cm³/mol. The Hall–Kier alpha value is -4.71. The normalized spacial score (nSPS) is 13.2. The van der Waals surface area contributed by atoms with E-state index in [2.05, 4.69) is 167 Å². The van der Waals surface area contributed by atoms with Gasteiger partial charge in [-0.3, -0.25) is 14.4 Å². The van der Waals surface area contributed by atoms with E-state index in [1.54, 1.807) is 0 Å². The lowest BCUT2D eigenvalue weighted by molar-refractivity contribution is -0.167. The number of ether oxygens (including phenoxy) is 3. The van der Waals surface area contributed by atoms with Crippen molar-refractivity contribution < 1.29 is 28.6 Å². The predicted octanol–water partition coefficient (Wildman–Crippen LogP) is 20.0. The molecule has 0 bridgehead atoms. The monoisotopic (exact) mass is 1010 g/mol. The summed E-state index contributed by atoms with van der Waals surface area (Å²) in [7, 11) is 0. The van der Waals surface area contributed by atoms with Crippen molar-refractivity contribution in [3.8, 4) is 0 Å². The van der Waals surface area contributed by atoms with Crippen LogP contribution in [0.4, 0.5) is 0 Å². The smallest absolute Gasteiger partial charge is 0.306 e. The maximum Gasteiger partial charge on any atom is 0.306 e. The van der Waals surface area contributed by atoms with Crippen LogP contribution in [0.25, 0.3) is 0 Å². The number of unbranched alkanes of at least 4 members (excludes halogenated alkanes) is 16. The molecule has 0 unspecified atom stereocenters. The van der Waals surface area contributed by atoms with E-state index in [4.69, 9.17) is 14.2 Å². The molecule has 0 saturated carbocycles. The van der Waals surface area contributed by atoms with E-state index in [1.165, 1.54) is 77.0 Å². The van der Waals surface area contributed by atoms with Crippen LogP contribution in [0.1, 0.15) is 239 Å². The van der Waals surface area contributed by atoms with E-state index in [0.717, 1.165) is 109 Å². The van der Waals surface area contributed by atoms with Crippen molar-refractivity contribution in [3.05, 3.63) is 146 Å². The van der Waals surface area contributed by atoms with Gasteiger partial charge in [0.1, 0.15) is 13.2 Å². The van der Waals surface area contributed by atoms with Gasteiger partial charge in [-0.2, -0.15) is 0 Å². The Balaban J connectivity index is 4.62. The molecule has 0 aromatic heterocycles. The van der Waals surface area contributed by atoms with Crippen LogP contribution in [-0.4, -0.2) is 37.2 Å². The average Bonchev–Trinajstić information content (AvgIpc) is 3.39. The number of allylic oxidation sites excluding steroid dienone is 24. The minimum atomic E-state index is -0.838. The van der Waals surface area contributed by atoms with Gasteiger partial charge in [0.15, 0.2) is 6.10 Å². The second-order valence-corrected chi connectivity index (χ2v) is 18.8. The number of esters is 3. The largest absolute Gasteiger partial charge is 0.462 e. The molecule has 6 heteroatoms. The summed E-state index contributed by atoms with van der Waals surface area (Å²) in [5.41, 5.74) is 0. The Labute approximate surface area is 448 Å². The molecule has 0 aromatic carbocycles. The first-order chi connectivity index (χ1) is 36.0. The molecule has 6 nitrogen and oxygen atoms in total. The molecule has 0 aliphatic heterocycles. The molecule has 0 spiro atoms. The summed E-state index contributed by atoms with van der Waals surface area (Å²) < 4.78 is 16.8. The van der Waals surface area contributed by atoms with Gasteiger partial charge in [-0.1, -0.05) is 218 Å². The van der Waals surface area contributed by atoms with Crippen LogP contribution in [0.3, 0.4) is 0 Å². The van der Waals surface area contributed by atoms with Gasteiger partial charge >= 0.3 is 17.9 Å². The highest BCUT2D eigenvalue weighted by Crippen LogP contribution is 2.11. The Kier molecular flexibility index (Phi) is 56.0. The van der Waals surface area contributed by atoms with Gasteiger partial charge < -0.3 is 14.2 Å². The third kappa shape index (κ3) is 58.1. The molecule has 0 rings (SSSR count). The zero-order chi connectivity index (χ0) is 52.9. The lowest BCUT2D eigenvalue weighted by Crippen LogP contribution is -2.30. The van der Waals surface area contributed by atoms with E-state index in [1.807, 2.05) is 0 Å². The number of carbonyl (C=O) groups excluding carboxylic acids is 3. The molecule has 0 amide bonds. The standard InChI is InChI=1S/C67H106O6/c1-4-7-10-13-16-19-22-25-28-31-33-36-39-42-45-48-51-54-57-60-66(69)72-63-64(62-71-65(68)59-56-53-50-47-44-41-38-35-30-27-24-21-18-15-12-9-6-3)73-67(70)61-58-55-52-49-46-43-40-37-34-32-29-26-23-20-17-14-11-8-5-2/h16-21,25-30,33-34,36-38,41-43,45-47,50,64H,4-15,22-24,31-32,35,39-40,44,48-49,51-63H2,1-3H3/b19-16+,20-17+,21-18+,28-25+,29-26+,30-27+,36-33+,37-34+,41-38+,45-42+,46-43+,50-47+/t64-/m1/s1. The van der Waals surface area contributed by atoms with Crippen LogP contribution in [0.15, 0.2) is 146 Å². The lowest BCUT2D eigenvalue weighted by Gasteiger charge is -2.18. The van der Waals surface area contributed by atoms with Crippen LogP contribution in [0.5, 0.6) is 0 Å². The molecule has 0 fully saturated rings. The molecule has 410 valence electrons. The number of hydrogen-bond donors (Lipinski definition) is 0. The summed E-state index contributed by atoms with van der Waals surface area (Å²) >= 11 is 0. The van der Waals surface area contributed by atoms with Crippen LogP contribution in [-0.2, 0) is 28.6 Å². The molecule has 1 atom stereocenters. The van der Waals surface area contributed by atoms with Crippen molar-refractivity contribution in [1.29, 1.82) is 0 Å². The first kappa shape index (κ1) is 68.3. The Morgan fingerprint density at radius 2 is 0.507 bits per heavy atom. The number of carbonyl (C=O) groups is 3. The maximum atomic E-state index is 12.9. The van der Waals surface area contributed by atoms with Gasteiger partial charge in [-0.05, 0) is 148 Å². The lowest BCUT2D eigenvalue weighted by atomic mass is 10.1. The summed E-state index contributed by atoms with van der Waals surface area (Å²) in [6, 6.07) is 0. The van der Waals surface area contributed by atoms with Crippen molar-refractivity contribution in [2.24, 2.45) is 0 Å². The van der Waals surface area contributed by atoms with Crippen LogP contribution in [0.2, 0.25) is 0 Å². The van der Waals surface area contributed by atoms with E-state index in [-0.39, 0.29) is 44.0 Å². The Bertz CT molecular complexity index is 1630. The molecular weight excluding hydrogens is 901 g/mol. The molecule has 0 aliphatic carbocycles. The average molecular weight is 1010 g/mol. The van der Waals surface area contributed by atoms with Crippen LogP contribution < -0.4 is 0 Å². The van der Waals surface area contributed by atoms with Gasteiger partial charge in [0.05, 0.1) is 0 Å². The van der Waals surface area contributed by atoms with E-state index >= 15 is 0 Å². The second kappa shape index (κ2) is 59.8. The number of rotatable bonds is 51. The minimum Gasteiger partial charge on any atom is -0.462 e. The maximum absolute atomic E-state index is 12.9. The van der Waals surface area contributed by atoms with Crippen molar-refractivity contribution >= 4 is 17.9 Å². The molecule has 0 saturated heterocycles. The van der Waals surface area contributed by atoms with E-state index in [0.29, 0.717) is 19.3 Å². The zero-order valence-corrected chi connectivity index (χ0v) is 46.8. The number of hydrogen-bond acceptors (Lipinski definition) is 6. The molecule has 0 aromatic rings. The van der Waals surface area contributed by atoms with Gasteiger partial charge in [0, 0.05) is 19.3 Å². The summed E-state index contributed by atoms with van der Waals surface area (Å²) in [4.78, 5) is 38.2. The first-order valence-electron chi connectivity index (χ1n) is 29.3. The highest BCUT2D eigenvalue weighted by Gasteiger charge is 2.19. The summed E-state index contributed by atoms with van der Waals surface area (Å²) in [5.74, 6) is -1.05. The van der Waals surface area contributed by atoms with Crippen LogP contribution >= 0.6 is 0 Å². The second-order valence-electron chi connectivity index (χ2n) is 18.8. The van der Waals surface area contributed by atoms with Crippen LogP contribution in [0, 0.1) is 0 Å². The quantitative estimate of drug-likeness (QED) is 0.0261.